The van der Waals surface area contributed by atoms with Crippen LogP contribution in [0.25, 0.3) is 0 Å². The first-order valence-corrected chi connectivity index (χ1v) is 7.35. The zero-order valence-corrected chi connectivity index (χ0v) is 13.2. The fourth-order valence-electron chi connectivity index (χ4n) is 2.32. The molecular weight excluding hydrogens is 255 g/mol. The Morgan fingerprint density at radius 3 is 2.50 bits per heavy atom. The molecule has 114 valence electrons. The van der Waals surface area contributed by atoms with Gasteiger partial charge in [-0.05, 0) is 36.9 Å². The third-order valence-corrected chi connectivity index (χ3v) is 3.20. The Morgan fingerprint density at radius 1 is 1.30 bits per heavy atom. The fraction of sp³-hybridized carbons (Fsp3) is 0.688. The topological polar surface area (TPSA) is 34.2 Å². The van der Waals surface area contributed by atoms with Crippen molar-refractivity contribution in [2.24, 2.45) is 5.41 Å². The SMILES string of the molecule is CCCNC(c1cncc(F)c1)C(OCC)C(C)(C)C. The van der Waals surface area contributed by atoms with Crippen LogP contribution in [0.2, 0.25) is 0 Å². The molecule has 2 atom stereocenters. The van der Waals surface area contributed by atoms with Gasteiger partial charge in [0.1, 0.15) is 5.82 Å². The van der Waals surface area contributed by atoms with Crippen molar-refractivity contribution in [1.29, 1.82) is 0 Å². The molecule has 0 fully saturated rings. The first-order chi connectivity index (χ1) is 9.40. The van der Waals surface area contributed by atoms with E-state index >= 15 is 0 Å². The van der Waals surface area contributed by atoms with E-state index < -0.39 is 0 Å². The molecule has 0 amide bonds. The molecular formula is C16H27FN2O. The van der Waals surface area contributed by atoms with Crippen LogP contribution in [0, 0.1) is 11.2 Å². The molecule has 0 radical (unpaired) electrons. The maximum atomic E-state index is 13.5. The van der Waals surface area contributed by atoms with Crippen molar-refractivity contribution in [3.8, 4) is 0 Å². The Kier molecular flexibility index (Phi) is 6.56. The maximum Gasteiger partial charge on any atom is 0.141 e. The minimum atomic E-state index is -0.310. The van der Waals surface area contributed by atoms with Gasteiger partial charge in [0.05, 0.1) is 18.3 Å². The number of pyridine rings is 1. The summed E-state index contributed by atoms with van der Waals surface area (Å²) in [4.78, 5) is 3.97. The number of rotatable bonds is 7. The smallest absolute Gasteiger partial charge is 0.141 e. The minimum Gasteiger partial charge on any atom is -0.376 e. The summed E-state index contributed by atoms with van der Waals surface area (Å²) in [6.07, 6.45) is 3.92. The van der Waals surface area contributed by atoms with Crippen molar-refractivity contribution in [2.45, 2.75) is 53.2 Å². The van der Waals surface area contributed by atoms with E-state index in [9.17, 15) is 4.39 Å². The van der Waals surface area contributed by atoms with E-state index in [1.165, 1.54) is 12.3 Å². The van der Waals surface area contributed by atoms with Crippen LogP contribution in [-0.4, -0.2) is 24.2 Å². The molecule has 0 saturated carbocycles. The molecule has 4 heteroatoms. The van der Waals surface area contributed by atoms with Crippen LogP contribution >= 0.6 is 0 Å². The first kappa shape index (κ1) is 17.1. The van der Waals surface area contributed by atoms with Gasteiger partial charge in [-0.15, -0.1) is 0 Å². The van der Waals surface area contributed by atoms with Crippen molar-refractivity contribution < 1.29 is 9.13 Å². The maximum absolute atomic E-state index is 13.5. The summed E-state index contributed by atoms with van der Waals surface area (Å²) in [5.41, 5.74) is 0.792. The van der Waals surface area contributed by atoms with Crippen molar-refractivity contribution >= 4 is 0 Å². The monoisotopic (exact) mass is 282 g/mol. The van der Waals surface area contributed by atoms with Gasteiger partial charge >= 0.3 is 0 Å². The van der Waals surface area contributed by atoms with Crippen LogP contribution < -0.4 is 5.32 Å². The van der Waals surface area contributed by atoms with Gasteiger partial charge in [-0.3, -0.25) is 4.98 Å². The van der Waals surface area contributed by atoms with Crippen molar-refractivity contribution in [1.82, 2.24) is 10.3 Å². The van der Waals surface area contributed by atoms with Crippen LogP contribution in [0.15, 0.2) is 18.5 Å². The molecule has 20 heavy (non-hydrogen) atoms. The fourth-order valence-corrected chi connectivity index (χ4v) is 2.32. The molecule has 0 aliphatic carbocycles. The third kappa shape index (κ3) is 4.84. The van der Waals surface area contributed by atoms with Gasteiger partial charge in [0, 0.05) is 12.8 Å². The summed E-state index contributed by atoms with van der Waals surface area (Å²) < 4.78 is 19.4. The second kappa shape index (κ2) is 7.70. The van der Waals surface area contributed by atoms with Gasteiger partial charge in [-0.25, -0.2) is 4.39 Å². The Bertz CT molecular complexity index is 404. The average molecular weight is 282 g/mol. The van der Waals surface area contributed by atoms with Gasteiger partial charge < -0.3 is 10.1 Å². The summed E-state index contributed by atoms with van der Waals surface area (Å²) >= 11 is 0. The number of ether oxygens (including phenoxy) is 1. The summed E-state index contributed by atoms with van der Waals surface area (Å²) in [6.45, 7) is 12.0. The highest BCUT2D eigenvalue weighted by Crippen LogP contribution is 2.32. The molecule has 0 aromatic carbocycles. The van der Waals surface area contributed by atoms with Gasteiger partial charge in [0.15, 0.2) is 0 Å². The molecule has 3 nitrogen and oxygen atoms in total. The van der Waals surface area contributed by atoms with Crippen molar-refractivity contribution in [3.05, 3.63) is 29.8 Å². The molecule has 1 rings (SSSR count). The normalized spacial score (nSPS) is 15.1. The molecule has 0 bridgehead atoms. The van der Waals surface area contributed by atoms with Crippen LogP contribution in [0.3, 0.4) is 0 Å². The van der Waals surface area contributed by atoms with Gasteiger partial charge in [-0.2, -0.15) is 0 Å². The van der Waals surface area contributed by atoms with E-state index in [-0.39, 0.29) is 23.4 Å². The number of hydrogen-bond donors (Lipinski definition) is 1. The summed E-state index contributed by atoms with van der Waals surface area (Å²) in [5, 5.41) is 3.47. The highest BCUT2D eigenvalue weighted by Gasteiger charge is 2.34. The lowest BCUT2D eigenvalue weighted by Crippen LogP contribution is -2.42. The number of nitrogens with one attached hydrogen (secondary N) is 1. The lowest BCUT2D eigenvalue weighted by Gasteiger charge is -2.37. The van der Waals surface area contributed by atoms with Crippen LogP contribution in [-0.2, 0) is 4.74 Å². The molecule has 2 unspecified atom stereocenters. The second-order valence-corrected chi connectivity index (χ2v) is 6.11. The Balaban J connectivity index is 3.08. The van der Waals surface area contributed by atoms with Crippen LogP contribution in [0.4, 0.5) is 4.39 Å². The van der Waals surface area contributed by atoms with Crippen molar-refractivity contribution in [2.75, 3.05) is 13.2 Å². The summed E-state index contributed by atoms with van der Waals surface area (Å²) in [6, 6.07) is 1.48. The van der Waals surface area contributed by atoms with E-state index in [2.05, 4.69) is 38.0 Å². The van der Waals surface area contributed by atoms with E-state index in [0.29, 0.717) is 6.61 Å². The van der Waals surface area contributed by atoms with E-state index in [0.717, 1.165) is 18.5 Å². The van der Waals surface area contributed by atoms with Crippen LogP contribution in [0.1, 0.15) is 52.6 Å². The quantitative estimate of drug-likeness (QED) is 0.827. The van der Waals surface area contributed by atoms with Gasteiger partial charge in [-0.1, -0.05) is 27.7 Å². The highest BCUT2D eigenvalue weighted by atomic mass is 19.1. The first-order valence-electron chi connectivity index (χ1n) is 7.35. The molecule has 1 N–H and O–H groups in total. The molecule has 1 aromatic heterocycles. The Labute approximate surface area is 121 Å². The Hall–Kier alpha value is -1.00. The minimum absolute atomic E-state index is 0.0392. The number of halogens is 1. The number of aromatic nitrogens is 1. The molecule has 1 aromatic rings. The molecule has 0 aliphatic rings. The molecule has 0 spiro atoms. The summed E-state index contributed by atoms with van der Waals surface area (Å²) in [5.74, 6) is -0.310. The van der Waals surface area contributed by atoms with Gasteiger partial charge in [0.2, 0.25) is 0 Å². The lowest BCUT2D eigenvalue weighted by atomic mass is 9.82. The second-order valence-electron chi connectivity index (χ2n) is 6.11. The van der Waals surface area contributed by atoms with E-state index in [1.807, 2.05) is 6.92 Å². The number of hydrogen-bond acceptors (Lipinski definition) is 3. The molecule has 0 aliphatic heterocycles. The zero-order chi connectivity index (χ0) is 15.2. The van der Waals surface area contributed by atoms with Gasteiger partial charge in [0.25, 0.3) is 0 Å². The zero-order valence-electron chi connectivity index (χ0n) is 13.2. The largest absolute Gasteiger partial charge is 0.376 e. The standard InChI is InChI=1S/C16H27FN2O/c1-6-8-19-14(12-9-13(17)11-18-10-12)15(20-7-2)16(3,4)5/h9-11,14-15,19H,6-8H2,1-5H3. The molecule has 1 heterocycles. The predicted molar refractivity (Wildman–Crippen MR) is 80.1 cm³/mol. The Morgan fingerprint density at radius 2 is 2.00 bits per heavy atom. The third-order valence-electron chi connectivity index (χ3n) is 3.20. The highest BCUT2D eigenvalue weighted by molar-refractivity contribution is 5.17. The van der Waals surface area contributed by atoms with E-state index in [4.69, 9.17) is 4.74 Å². The number of nitrogens with zero attached hydrogens (tertiary/aromatic N) is 1. The lowest BCUT2D eigenvalue weighted by molar-refractivity contribution is -0.0366. The average Bonchev–Trinajstić information content (AvgIpc) is 2.37. The summed E-state index contributed by atoms with van der Waals surface area (Å²) in [7, 11) is 0. The molecule has 0 saturated heterocycles. The van der Waals surface area contributed by atoms with Crippen LogP contribution in [0.5, 0.6) is 0 Å². The van der Waals surface area contributed by atoms with E-state index in [1.54, 1.807) is 6.20 Å². The van der Waals surface area contributed by atoms with Crippen molar-refractivity contribution in [3.63, 3.8) is 0 Å². The predicted octanol–water partition coefficient (Wildman–Crippen LogP) is 3.71.